The van der Waals surface area contributed by atoms with Crippen molar-refractivity contribution in [1.82, 2.24) is 0 Å². The Labute approximate surface area is 122 Å². The van der Waals surface area contributed by atoms with Gasteiger partial charge in [0, 0.05) is 0 Å². The third-order valence-electron chi connectivity index (χ3n) is 3.57. The van der Waals surface area contributed by atoms with Crippen molar-refractivity contribution in [2.24, 2.45) is 0 Å². The van der Waals surface area contributed by atoms with Crippen molar-refractivity contribution in [2.45, 2.75) is 0 Å². The van der Waals surface area contributed by atoms with Crippen molar-refractivity contribution in [3.05, 3.63) is 72.8 Å². The van der Waals surface area contributed by atoms with Gasteiger partial charge in [-0.3, -0.25) is 0 Å². The molecule has 0 N–H and O–H groups in total. The molecule has 0 unspecified atom stereocenters. The average molecular weight is 309 g/mol. The van der Waals surface area contributed by atoms with Crippen molar-refractivity contribution >= 4 is 49.3 Å². The maximum absolute atomic E-state index is 2.27. The van der Waals surface area contributed by atoms with Crippen molar-refractivity contribution in [3.63, 3.8) is 0 Å². The van der Waals surface area contributed by atoms with Crippen molar-refractivity contribution in [2.75, 3.05) is 0 Å². The van der Waals surface area contributed by atoms with E-state index in [1.54, 1.807) is 0 Å². The zero-order chi connectivity index (χ0) is 11.9. The van der Waals surface area contributed by atoms with Crippen LogP contribution in [-0.2, 0) is 0 Å². The van der Waals surface area contributed by atoms with Crippen molar-refractivity contribution in [3.8, 4) is 0 Å². The molecule has 0 nitrogen and oxygen atoms in total. The van der Waals surface area contributed by atoms with E-state index >= 15 is 0 Å². The SMILES string of the molecule is Br.c1ccc2cc3cc4ccccc4cc3cc2c1. The lowest BCUT2D eigenvalue weighted by atomic mass is 10.00. The Morgan fingerprint density at radius 1 is 0.368 bits per heavy atom. The second kappa shape index (κ2) is 4.67. The molecule has 0 saturated heterocycles. The highest BCUT2D eigenvalue weighted by Gasteiger charge is 2.00. The molecule has 0 fully saturated rings. The van der Waals surface area contributed by atoms with E-state index < -0.39 is 0 Å². The number of hydrogen-bond donors (Lipinski definition) is 0. The monoisotopic (exact) mass is 308 g/mol. The molecule has 92 valence electrons. The zero-order valence-corrected chi connectivity index (χ0v) is 12.0. The Hall–Kier alpha value is -1.86. The molecule has 0 radical (unpaired) electrons. The largest absolute Gasteiger partial charge is 0.114 e. The van der Waals surface area contributed by atoms with Crippen LogP contribution >= 0.6 is 17.0 Å². The maximum atomic E-state index is 2.27. The van der Waals surface area contributed by atoms with Crippen LogP contribution in [0.1, 0.15) is 0 Å². The lowest BCUT2D eigenvalue weighted by Gasteiger charge is -2.04. The van der Waals surface area contributed by atoms with Crippen LogP contribution < -0.4 is 0 Å². The predicted molar refractivity (Wildman–Crippen MR) is 89.3 cm³/mol. The summed E-state index contributed by atoms with van der Waals surface area (Å²) in [5.41, 5.74) is 0. The maximum Gasteiger partial charge on any atom is -0.0171 e. The third kappa shape index (κ3) is 2.00. The number of rotatable bonds is 0. The van der Waals surface area contributed by atoms with Gasteiger partial charge in [-0.05, 0) is 56.6 Å². The number of hydrogen-bond acceptors (Lipinski definition) is 0. The summed E-state index contributed by atoms with van der Waals surface area (Å²) >= 11 is 0. The molecule has 0 aliphatic carbocycles. The second-order valence-electron chi connectivity index (χ2n) is 4.75. The fraction of sp³-hybridized carbons (Fsp3) is 0. The van der Waals surface area contributed by atoms with Gasteiger partial charge in [0.25, 0.3) is 0 Å². The lowest BCUT2D eigenvalue weighted by molar-refractivity contribution is 1.77. The van der Waals surface area contributed by atoms with E-state index in [-0.39, 0.29) is 17.0 Å². The minimum absolute atomic E-state index is 0. The van der Waals surface area contributed by atoms with E-state index in [1.165, 1.54) is 32.3 Å². The van der Waals surface area contributed by atoms with Crippen LogP contribution in [0.15, 0.2) is 72.8 Å². The fourth-order valence-corrected chi connectivity index (χ4v) is 2.63. The molecule has 1 heteroatoms. The first-order chi connectivity index (χ1) is 8.90. The summed E-state index contributed by atoms with van der Waals surface area (Å²) in [7, 11) is 0. The highest BCUT2D eigenvalue weighted by Crippen LogP contribution is 2.27. The van der Waals surface area contributed by atoms with Crippen LogP contribution in [-0.4, -0.2) is 0 Å². The molecule has 0 aromatic heterocycles. The van der Waals surface area contributed by atoms with Gasteiger partial charge in [-0.2, -0.15) is 0 Å². The van der Waals surface area contributed by atoms with Crippen LogP contribution in [0.3, 0.4) is 0 Å². The van der Waals surface area contributed by atoms with Crippen LogP contribution in [0.5, 0.6) is 0 Å². The minimum Gasteiger partial charge on any atom is -0.114 e. The van der Waals surface area contributed by atoms with E-state index in [2.05, 4.69) is 72.8 Å². The lowest BCUT2D eigenvalue weighted by Crippen LogP contribution is -1.78. The Bertz CT molecular complexity index is 734. The summed E-state index contributed by atoms with van der Waals surface area (Å²) in [6.07, 6.45) is 0. The summed E-state index contributed by atoms with van der Waals surface area (Å²) in [5.74, 6) is 0. The van der Waals surface area contributed by atoms with E-state index in [4.69, 9.17) is 0 Å². The molecule has 0 amide bonds. The highest BCUT2D eigenvalue weighted by atomic mass is 79.9. The smallest absolute Gasteiger partial charge is 0.0171 e. The molecular weight excluding hydrogens is 296 g/mol. The normalized spacial score (nSPS) is 10.7. The third-order valence-corrected chi connectivity index (χ3v) is 3.57. The highest BCUT2D eigenvalue weighted by molar-refractivity contribution is 8.93. The molecule has 4 rings (SSSR count). The summed E-state index contributed by atoms with van der Waals surface area (Å²) in [6, 6.07) is 26.2. The first kappa shape index (κ1) is 12.2. The van der Waals surface area contributed by atoms with Crippen molar-refractivity contribution in [1.29, 1.82) is 0 Å². The van der Waals surface area contributed by atoms with Gasteiger partial charge < -0.3 is 0 Å². The fourth-order valence-electron chi connectivity index (χ4n) is 2.63. The van der Waals surface area contributed by atoms with Gasteiger partial charge >= 0.3 is 0 Å². The molecule has 0 saturated carbocycles. The Morgan fingerprint density at radius 2 is 0.632 bits per heavy atom. The quantitative estimate of drug-likeness (QED) is 0.364. The van der Waals surface area contributed by atoms with Crippen LogP contribution in [0.2, 0.25) is 0 Å². The van der Waals surface area contributed by atoms with E-state index in [9.17, 15) is 0 Å². The van der Waals surface area contributed by atoms with Gasteiger partial charge in [0.1, 0.15) is 0 Å². The molecule has 0 atom stereocenters. The van der Waals surface area contributed by atoms with Gasteiger partial charge in [-0.1, -0.05) is 48.5 Å². The van der Waals surface area contributed by atoms with Gasteiger partial charge in [0.05, 0.1) is 0 Å². The molecule has 0 aliphatic heterocycles. The van der Waals surface area contributed by atoms with E-state index in [1.807, 2.05) is 0 Å². The first-order valence-corrected chi connectivity index (χ1v) is 6.21. The van der Waals surface area contributed by atoms with Crippen LogP contribution in [0, 0.1) is 0 Å². The van der Waals surface area contributed by atoms with Crippen LogP contribution in [0.4, 0.5) is 0 Å². The Morgan fingerprint density at radius 3 is 0.895 bits per heavy atom. The van der Waals surface area contributed by atoms with Gasteiger partial charge in [-0.15, -0.1) is 17.0 Å². The first-order valence-electron chi connectivity index (χ1n) is 6.21. The summed E-state index contributed by atoms with van der Waals surface area (Å²) in [6.45, 7) is 0. The summed E-state index contributed by atoms with van der Waals surface area (Å²) < 4.78 is 0. The van der Waals surface area contributed by atoms with E-state index in [0.717, 1.165) is 0 Å². The molecule has 4 aromatic carbocycles. The van der Waals surface area contributed by atoms with E-state index in [0.29, 0.717) is 0 Å². The summed E-state index contributed by atoms with van der Waals surface area (Å²) in [4.78, 5) is 0. The molecule has 0 spiro atoms. The number of benzene rings is 4. The predicted octanol–water partition coefficient (Wildman–Crippen LogP) is 5.72. The summed E-state index contributed by atoms with van der Waals surface area (Å²) in [5, 5.41) is 7.85. The molecule has 0 heterocycles. The van der Waals surface area contributed by atoms with Gasteiger partial charge in [0.2, 0.25) is 0 Å². The standard InChI is InChI=1S/C18H12.BrH/c1-2-6-14-10-18-12-16-8-4-3-7-15(16)11-17(18)9-13(14)5-1;/h1-12H;1H. The second-order valence-corrected chi connectivity index (χ2v) is 4.75. The zero-order valence-electron chi connectivity index (χ0n) is 10.3. The Balaban J connectivity index is 0.00000110. The Kier molecular flexibility index (Phi) is 3.00. The molecule has 19 heavy (non-hydrogen) atoms. The topological polar surface area (TPSA) is 0 Å². The molecule has 0 aliphatic rings. The molecule has 0 bridgehead atoms. The van der Waals surface area contributed by atoms with Crippen LogP contribution in [0.25, 0.3) is 32.3 Å². The average Bonchev–Trinajstić information content (AvgIpc) is 2.42. The van der Waals surface area contributed by atoms with Gasteiger partial charge in [0.15, 0.2) is 0 Å². The number of fused-ring (bicyclic) bond motifs is 3. The number of halogens is 1. The molecule has 4 aromatic rings. The minimum atomic E-state index is 0. The van der Waals surface area contributed by atoms with Gasteiger partial charge in [-0.25, -0.2) is 0 Å². The molecular formula is C18H13Br. The van der Waals surface area contributed by atoms with Crippen molar-refractivity contribution < 1.29 is 0 Å².